The molecule has 1 aliphatic heterocycles. The minimum Gasteiger partial charge on any atom is -0.311 e. The van der Waals surface area contributed by atoms with E-state index in [-0.39, 0.29) is 0 Å². The topological polar surface area (TPSA) is 28.2 Å². The van der Waals surface area contributed by atoms with Gasteiger partial charge in [-0.1, -0.05) is 32.0 Å². The van der Waals surface area contributed by atoms with E-state index in [1.807, 2.05) is 6.20 Å². The van der Waals surface area contributed by atoms with Crippen molar-refractivity contribution < 1.29 is 0 Å². The first-order chi connectivity index (χ1) is 10.1. The van der Waals surface area contributed by atoms with Gasteiger partial charge in [0.05, 0.1) is 5.52 Å². The highest BCUT2D eigenvalue weighted by molar-refractivity contribution is 5.81. The second kappa shape index (κ2) is 6.12. The SMILES string of the molecule is CC1CN(Cc2ccnc3ccccc23)C(C(C)C)CN1. The molecule has 0 bridgehead atoms. The molecule has 0 amide bonds. The lowest BCUT2D eigenvalue weighted by Crippen LogP contribution is -2.56. The van der Waals surface area contributed by atoms with Crippen molar-refractivity contribution in [1.29, 1.82) is 0 Å². The average molecular weight is 283 g/mol. The zero-order valence-electron chi connectivity index (χ0n) is 13.2. The highest BCUT2D eigenvalue weighted by Crippen LogP contribution is 2.22. The first-order valence-corrected chi connectivity index (χ1v) is 7.95. The highest BCUT2D eigenvalue weighted by atomic mass is 15.2. The van der Waals surface area contributed by atoms with E-state index in [9.17, 15) is 0 Å². The lowest BCUT2D eigenvalue weighted by Gasteiger charge is -2.41. The van der Waals surface area contributed by atoms with Crippen LogP contribution in [-0.4, -0.2) is 35.1 Å². The third-order valence-corrected chi connectivity index (χ3v) is 4.54. The van der Waals surface area contributed by atoms with Gasteiger partial charge in [0.2, 0.25) is 0 Å². The second-order valence-electron chi connectivity index (χ2n) is 6.54. The fraction of sp³-hybridized carbons (Fsp3) is 0.500. The number of nitrogens with one attached hydrogen (secondary N) is 1. The largest absolute Gasteiger partial charge is 0.311 e. The van der Waals surface area contributed by atoms with Crippen LogP contribution < -0.4 is 5.32 Å². The lowest BCUT2D eigenvalue weighted by atomic mass is 9.97. The lowest BCUT2D eigenvalue weighted by molar-refractivity contribution is 0.0960. The molecule has 0 aliphatic carbocycles. The normalized spacial score (nSPS) is 23.8. The summed E-state index contributed by atoms with van der Waals surface area (Å²) in [6.07, 6.45) is 1.94. The molecule has 2 unspecified atom stereocenters. The van der Waals surface area contributed by atoms with E-state index < -0.39 is 0 Å². The number of hydrogen-bond donors (Lipinski definition) is 1. The van der Waals surface area contributed by atoms with Gasteiger partial charge in [-0.05, 0) is 30.5 Å². The van der Waals surface area contributed by atoms with Gasteiger partial charge in [-0.2, -0.15) is 0 Å². The van der Waals surface area contributed by atoms with E-state index in [1.165, 1.54) is 10.9 Å². The number of pyridine rings is 1. The van der Waals surface area contributed by atoms with Crippen molar-refractivity contribution in [2.75, 3.05) is 13.1 Å². The van der Waals surface area contributed by atoms with E-state index in [4.69, 9.17) is 0 Å². The maximum atomic E-state index is 4.47. The molecule has 112 valence electrons. The van der Waals surface area contributed by atoms with Crippen LogP contribution in [0.3, 0.4) is 0 Å². The predicted octanol–water partition coefficient (Wildman–Crippen LogP) is 3.05. The Morgan fingerprint density at radius 3 is 2.90 bits per heavy atom. The first kappa shape index (κ1) is 14.5. The van der Waals surface area contributed by atoms with Crippen molar-refractivity contribution in [3.63, 3.8) is 0 Å². The molecule has 2 heterocycles. The molecular weight excluding hydrogens is 258 g/mol. The van der Waals surface area contributed by atoms with Gasteiger partial charge in [-0.25, -0.2) is 0 Å². The number of fused-ring (bicyclic) bond motifs is 1. The van der Waals surface area contributed by atoms with Crippen LogP contribution in [0.2, 0.25) is 0 Å². The third-order valence-electron chi connectivity index (χ3n) is 4.54. The monoisotopic (exact) mass is 283 g/mol. The Labute approximate surface area is 127 Å². The van der Waals surface area contributed by atoms with Crippen molar-refractivity contribution in [2.45, 2.75) is 39.4 Å². The van der Waals surface area contributed by atoms with Crippen LogP contribution in [0.4, 0.5) is 0 Å². The Hall–Kier alpha value is -1.45. The van der Waals surface area contributed by atoms with Gasteiger partial charge in [-0.15, -0.1) is 0 Å². The summed E-state index contributed by atoms with van der Waals surface area (Å²) in [5, 5.41) is 4.90. The number of nitrogens with zero attached hydrogens (tertiary/aromatic N) is 2. The smallest absolute Gasteiger partial charge is 0.0705 e. The second-order valence-corrected chi connectivity index (χ2v) is 6.54. The summed E-state index contributed by atoms with van der Waals surface area (Å²) in [7, 11) is 0. The molecule has 21 heavy (non-hydrogen) atoms. The summed E-state index contributed by atoms with van der Waals surface area (Å²) in [5.41, 5.74) is 2.49. The summed E-state index contributed by atoms with van der Waals surface area (Å²) < 4.78 is 0. The summed E-state index contributed by atoms with van der Waals surface area (Å²) in [4.78, 5) is 7.11. The Morgan fingerprint density at radius 1 is 1.29 bits per heavy atom. The minimum absolute atomic E-state index is 0.563. The van der Waals surface area contributed by atoms with Crippen molar-refractivity contribution in [1.82, 2.24) is 15.2 Å². The number of benzene rings is 1. The number of piperazine rings is 1. The van der Waals surface area contributed by atoms with Crippen LogP contribution in [-0.2, 0) is 6.54 Å². The van der Waals surface area contributed by atoms with Crippen molar-refractivity contribution in [3.05, 3.63) is 42.1 Å². The fourth-order valence-corrected chi connectivity index (χ4v) is 3.35. The van der Waals surface area contributed by atoms with E-state index in [0.29, 0.717) is 18.0 Å². The molecule has 1 N–H and O–H groups in total. The number of rotatable bonds is 3. The first-order valence-electron chi connectivity index (χ1n) is 7.95. The van der Waals surface area contributed by atoms with E-state index in [0.717, 1.165) is 25.2 Å². The summed E-state index contributed by atoms with van der Waals surface area (Å²) >= 11 is 0. The third kappa shape index (κ3) is 3.09. The zero-order valence-corrected chi connectivity index (χ0v) is 13.2. The number of aromatic nitrogens is 1. The molecular formula is C18H25N3. The Bertz CT molecular complexity index is 603. The highest BCUT2D eigenvalue weighted by Gasteiger charge is 2.28. The Kier molecular flexibility index (Phi) is 4.22. The molecule has 1 fully saturated rings. The van der Waals surface area contributed by atoms with E-state index in [2.05, 4.69) is 66.3 Å². The van der Waals surface area contributed by atoms with Crippen LogP contribution in [0.5, 0.6) is 0 Å². The Balaban J connectivity index is 1.89. The fourth-order valence-electron chi connectivity index (χ4n) is 3.35. The summed E-state index contributed by atoms with van der Waals surface area (Å²) in [5.74, 6) is 0.665. The maximum Gasteiger partial charge on any atom is 0.0705 e. The quantitative estimate of drug-likeness (QED) is 0.938. The number of hydrogen-bond acceptors (Lipinski definition) is 3. The van der Waals surface area contributed by atoms with Crippen molar-refractivity contribution >= 4 is 10.9 Å². The standard InChI is InChI=1S/C18H25N3/c1-13(2)18-10-20-14(3)11-21(18)12-15-8-9-19-17-7-5-4-6-16(15)17/h4-9,13-14,18,20H,10-12H2,1-3H3. The molecule has 3 heteroatoms. The molecule has 0 radical (unpaired) electrons. The summed E-state index contributed by atoms with van der Waals surface area (Å²) in [6.45, 7) is 10.1. The van der Waals surface area contributed by atoms with E-state index in [1.54, 1.807) is 0 Å². The van der Waals surface area contributed by atoms with Gasteiger partial charge in [0.1, 0.15) is 0 Å². The molecule has 3 nitrogen and oxygen atoms in total. The van der Waals surface area contributed by atoms with Crippen LogP contribution >= 0.6 is 0 Å². The molecule has 0 saturated carbocycles. The van der Waals surface area contributed by atoms with Gasteiger partial charge in [0, 0.05) is 43.3 Å². The van der Waals surface area contributed by atoms with Crippen LogP contribution in [0, 0.1) is 5.92 Å². The Morgan fingerprint density at radius 2 is 2.10 bits per heavy atom. The molecule has 3 rings (SSSR count). The molecule has 2 atom stereocenters. The van der Waals surface area contributed by atoms with Crippen LogP contribution in [0.1, 0.15) is 26.3 Å². The molecule has 1 saturated heterocycles. The van der Waals surface area contributed by atoms with E-state index >= 15 is 0 Å². The molecule has 2 aromatic rings. The molecule has 1 aliphatic rings. The predicted molar refractivity (Wildman–Crippen MR) is 88.2 cm³/mol. The maximum absolute atomic E-state index is 4.47. The molecule has 1 aromatic carbocycles. The average Bonchev–Trinajstić information content (AvgIpc) is 2.47. The van der Waals surface area contributed by atoms with Gasteiger partial charge in [-0.3, -0.25) is 9.88 Å². The molecule has 0 spiro atoms. The number of para-hydroxylation sites is 1. The van der Waals surface area contributed by atoms with Crippen LogP contribution in [0.25, 0.3) is 10.9 Å². The van der Waals surface area contributed by atoms with Gasteiger partial charge < -0.3 is 5.32 Å². The van der Waals surface area contributed by atoms with Gasteiger partial charge in [0.25, 0.3) is 0 Å². The summed E-state index contributed by atoms with van der Waals surface area (Å²) in [6, 6.07) is 11.8. The molecule has 1 aromatic heterocycles. The van der Waals surface area contributed by atoms with Crippen molar-refractivity contribution in [2.24, 2.45) is 5.92 Å². The van der Waals surface area contributed by atoms with Crippen molar-refractivity contribution in [3.8, 4) is 0 Å². The minimum atomic E-state index is 0.563. The van der Waals surface area contributed by atoms with Gasteiger partial charge >= 0.3 is 0 Å². The van der Waals surface area contributed by atoms with Gasteiger partial charge in [0.15, 0.2) is 0 Å². The zero-order chi connectivity index (χ0) is 14.8. The van der Waals surface area contributed by atoms with Crippen LogP contribution in [0.15, 0.2) is 36.5 Å².